The highest BCUT2D eigenvalue weighted by atomic mass is 16.6. The molecule has 0 saturated carbocycles. The third-order valence-corrected chi connectivity index (χ3v) is 6.61. The molecule has 0 atom stereocenters. The predicted octanol–water partition coefficient (Wildman–Crippen LogP) is 2.23. The summed E-state index contributed by atoms with van der Waals surface area (Å²) < 4.78 is 0. The van der Waals surface area contributed by atoms with Gasteiger partial charge in [-0.25, -0.2) is 0 Å². The van der Waals surface area contributed by atoms with E-state index >= 15 is 0 Å². The van der Waals surface area contributed by atoms with Gasteiger partial charge in [0.2, 0.25) is 0 Å². The fourth-order valence-corrected chi connectivity index (χ4v) is 3.10. The van der Waals surface area contributed by atoms with Crippen molar-refractivity contribution in [2.75, 3.05) is 0 Å². The van der Waals surface area contributed by atoms with Crippen LogP contribution in [-0.4, -0.2) is 54.7 Å². The molecule has 24 heavy (non-hydrogen) atoms. The van der Waals surface area contributed by atoms with Crippen LogP contribution >= 0.6 is 0 Å². The summed E-state index contributed by atoms with van der Waals surface area (Å²) in [7, 11) is 0. The average Bonchev–Trinajstić information content (AvgIpc) is 2.65. The van der Waals surface area contributed by atoms with Crippen LogP contribution in [0.1, 0.15) is 55.4 Å². The minimum atomic E-state index is -1.07. The zero-order chi connectivity index (χ0) is 18.9. The van der Waals surface area contributed by atoms with Gasteiger partial charge >= 0.3 is 0 Å². The van der Waals surface area contributed by atoms with Gasteiger partial charge in [0, 0.05) is 11.1 Å². The maximum absolute atomic E-state index is 12.5. The molecular formula is C16H28N4O4-2. The van der Waals surface area contributed by atoms with E-state index in [-0.39, 0.29) is 0 Å². The first-order chi connectivity index (χ1) is 10.6. The van der Waals surface area contributed by atoms with Gasteiger partial charge in [0.1, 0.15) is 0 Å². The first-order valence-electron chi connectivity index (χ1n) is 8.16. The Kier molecular flexibility index (Phi) is 4.49. The molecule has 8 heteroatoms. The smallest absolute Gasteiger partial charge is 0.0985 e. The molecule has 0 N–H and O–H groups in total. The van der Waals surface area contributed by atoms with E-state index in [2.05, 4.69) is 0 Å². The third-order valence-electron chi connectivity index (χ3n) is 6.61. The molecular weight excluding hydrogens is 312 g/mol. The average molecular weight is 340 g/mol. The number of hydroxylamine groups is 8. The second kappa shape index (κ2) is 5.46. The van der Waals surface area contributed by atoms with Gasteiger partial charge in [0.15, 0.2) is 0 Å². The predicted molar refractivity (Wildman–Crippen MR) is 88.5 cm³/mol. The summed E-state index contributed by atoms with van der Waals surface area (Å²) in [5.41, 5.74) is -3.59. The van der Waals surface area contributed by atoms with Gasteiger partial charge in [0.05, 0.1) is 23.4 Å². The van der Waals surface area contributed by atoms with Gasteiger partial charge in [-0.15, -0.1) is 20.5 Å². The minimum absolute atomic E-state index is 0.728. The molecule has 0 aromatic rings. The highest BCUT2D eigenvalue weighted by Gasteiger charge is 2.56. The Hall–Kier alpha value is -0.580. The Morgan fingerprint density at radius 1 is 0.625 bits per heavy atom. The summed E-state index contributed by atoms with van der Waals surface area (Å²) in [4.78, 5) is 0. The standard InChI is InChI=1S/C16H28N4O4/c1-13(2)14(3,4)18(22)11(17(13)21)9-10-12-19(23)15(5,6)16(7,8)20(12)24/h9-12H,1-8H3/q-2/b10-9+. The van der Waals surface area contributed by atoms with Gasteiger partial charge in [-0.1, -0.05) is 12.2 Å². The Morgan fingerprint density at radius 2 is 0.875 bits per heavy atom. The van der Waals surface area contributed by atoms with Crippen LogP contribution in [0.4, 0.5) is 0 Å². The van der Waals surface area contributed by atoms with Crippen molar-refractivity contribution in [1.29, 1.82) is 0 Å². The third kappa shape index (κ3) is 2.29. The van der Waals surface area contributed by atoms with Crippen LogP contribution in [0.2, 0.25) is 0 Å². The van der Waals surface area contributed by atoms with Crippen LogP contribution in [0.3, 0.4) is 0 Å². The Morgan fingerprint density at radius 3 is 1.04 bits per heavy atom. The van der Waals surface area contributed by atoms with E-state index in [1.165, 1.54) is 12.2 Å². The fourth-order valence-electron chi connectivity index (χ4n) is 3.10. The first-order valence-corrected chi connectivity index (χ1v) is 8.16. The van der Waals surface area contributed by atoms with Crippen LogP contribution in [-0.2, 0) is 10.4 Å². The Labute approximate surface area is 144 Å². The topological polar surface area (TPSA) is 98.9 Å². The SMILES string of the molecule is CC1(C)N([O])C(/C=C/C2N([O])C(C)(C)C(C)(C)N2[O-])N([O-])C1(C)C. The lowest BCUT2D eigenvalue weighted by molar-refractivity contribution is -0.223. The van der Waals surface area contributed by atoms with E-state index in [0.717, 1.165) is 20.3 Å². The van der Waals surface area contributed by atoms with Crippen LogP contribution in [0, 0.1) is 10.4 Å². The summed E-state index contributed by atoms with van der Waals surface area (Å²) >= 11 is 0. The molecule has 2 fully saturated rings. The van der Waals surface area contributed by atoms with E-state index in [0.29, 0.717) is 0 Å². The van der Waals surface area contributed by atoms with E-state index in [1.807, 2.05) is 0 Å². The fraction of sp³-hybridized carbons (Fsp3) is 0.875. The first kappa shape index (κ1) is 19.7. The lowest BCUT2D eigenvalue weighted by Crippen LogP contribution is -2.51. The van der Waals surface area contributed by atoms with E-state index in [9.17, 15) is 20.8 Å². The molecule has 0 aromatic carbocycles. The van der Waals surface area contributed by atoms with Crippen LogP contribution in [0.5, 0.6) is 0 Å². The summed E-state index contributed by atoms with van der Waals surface area (Å²) in [6.07, 6.45) is 0.607. The molecule has 8 nitrogen and oxygen atoms in total. The normalized spacial score (nSPS) is 36.8. The van der Waals surface area contributed by atoms with E-state index in [4.69, 9.17) is 0 Å². The van der Waals surface area contributed by atoms with E-state index in [1.54, 1.807) is 55.4 Å². The number of rotatable bonds is 2. The van der Waals surface area contributed by atoms with Crippen molar-refractivity contribution >= 4 is 0 Å². The van der Waals surface area contributed by atoms with Crippen LogP contribution in [0.15, 0.2) is 12.2 Å². The molecule has 138 valence electrons. The molecule has 2 saturated heterocycles. The van der Waals surface area contributed by atoms with Crippen molar-refractivity contribution in [3.63, 3.8) is 0 Å². The zero-order valence-electron chi connectivity index (χ0n) is 15.7. The molecule has 0 unspecified atom stereocenters. The van der Waals surface area contributed by atoms with Gasteiger partial charge in [-0.2, -0.15) is 0 Å². The van der Waals surface area contributed by atoms with Crippen LogP contribution < -0.4 is 0 Å². The number of hydrogen-bond acceptors (Lipinski definition) is 6. The van der Waals surface area contributed by atoms with Crippen molar-refractivity contribution in [3.05, 3.63) is 22.6 Å². The largest absolute Gasteiger partial charge is 0.783 e. The summed E-state index contributed by atoms with van der Waals surface area (Å²) in [5.74, 6) is 0. The zero-order valence-corrected chi connectivity index (χ0v) is 15.7. The monoisotopic (exact) mass is 340 g/mol. The van der Waals surface area contributed by atoms with Crippen molar-refractivity contribution in [3.8, 4) is 0 Å². The van der Waals surface area contributed by atoms with Gasteiger partial charge in [0.25, 0.3) is 0 Å². The van der Waals surface area contributed by atoms with Gasteiger partial charge in [-0.05, 0) is 55.4 Å². The van der Waals surface area contributed by atoms with E-state index < -0.39 is 34.5 Å². The summed E-state index contributed by atoms with van der Waals surface area (Å²) in [6, 6.07) is 0. The molecule has 2 radical (unpaired) electrons. The minimum Gasteiger partial charge on any atom is -0.783 e. The highest BCUT2D eigenvalue weighted by molar-refractivity contribution is 5.18. The molecule has 2 aliphatic heterocycles. The second-order valence-electron chi connectivity index (χ2n) is 8.75. The van der Waals surface area contributed by atoms with Crippen molar-refractivity contribution in [2.24, 2.45) is 0 Å². The number of hydrogen-bond donors (Lipinski definition) is 0. The van der Waals surface area contributed by atoms with Crippen molar-refractivity contribution in [1.82, 2.24) is 20.3 Å². The molecule has 2 rings (SSSR count). The van der Waals surface area contributed by atoms with Crippen molar-refractivity contribution < 1.29 is 10.4 Å². The Balaban J connectivity index is 2.29. The molecule has 0 aliphatic carbocycles. The van der Waals surface area contributed by atoms with Crippen LogP contribution in [0.25, 0.3) is 0 Å². The summed E-state index contributed by atoms with van der Waals surface area (Å²) in [5, 5.41) is 53.0. The summed E-state index contributed by atoms with van der Waals surface area (Å²) in [6.45, 7) is 13.7. The second-order valence-corrected chi connectivity index (χ2v) is 8.75. The quantitative estimate of drug-likeness (QED) is 0.715. The Bertz CT molecular complexity index is 446. The lowest BCUT2D eigenvalue weighted by atomic mass is 9.84. The molecule has 0 aromatic heterocycles. The molecule has 2 heterocycles. The maximum atomic E-state index is 12.5. The molecule has 2 aliphatic rings. The highest BCUT2D eigenvalue weighted by Crippen LogP contribution is 2.44. The maximum Gasteiger partial charge on any atom is 0.0985 e. The van der Waals surface area contributed by atoms with Crippen molar-refractivity contribution in [2.45, 2.75) is 89.9 Å². The van der Waals surface area contributed by atoms with Gasteiger partial charge in [-0.3, -0.25) is 0 Å². The lowest BCUT2D eigenvalue weighted by Gasteiger charge is -2.44. The molecule has 0 bridgehead atoms. The molecule has 0 spiro atoms. The number of nitrogens with zero attached hydrogens (tertiary/aromatic N) is 4. The van der Waals surface area contributed by atoms with Gasteiger partial charge < -0.3 is 20.5 Å². The molecule has 0 amide bonds.